The zero-order valence-corrected chi connectivity index (χ0v) is 7.77. The number of carbonyl (C=O) groups is 1. The van der Waals surface area contributed by atoms with Gasteiger partial charge in [-0.25, -0.2) is 0 Å². The molecule has 1 rings (SSSR count). The molecule has 0 aliphatic rings. The Morgan fingerprint density at radius 2 is 2.29 bits per heavy atom. The van der Waals surface area contributed by atoms with Gasteiger partial charge in [0.25, 0.3) is 0 Å². The van der Waals surface area contributed by atoms with Crippen molar-refractivity contribution < 1.29 is 20.7 Å². The van der Waals surface area contributed by atoms with Gasteiger partial charge in [0.1, 0.15) is 5.75 Å². The Morgan fingerprint density at radius 3 is 2.79 bits per heavy atom. The molecule has 0 saturated heterocycles. The molecule has 14 heavy (non-hydrogen) atoms. The maximum atomic E-state index is 10.6. The van der Waals surface area contributed by atoms with Gasteiger partial charge in [0, 0.05) is 0 Å². The number of phenols is 1. The second-order valence-corrected chi connectivity index (χ2v) is 3.18. The Labute approximate surface area is 82.0 Å². The Morgan fingerprint density at radius 1 is 1.57 bits per heavy atom. The molecular formula is C10H13NO3. The average molecular weight is 195 g/mol. The van der Waals surface area contributed by atoms with Gasteiger partial charge in [-0.2, -0.15) is 0 Å². The molecule has 0 aliphatic carbocycles. The zero-order chi connectivity index (χ0) is 10.6. The van der Waals surface area contributed by atoms with Crippen molar-refractivity contribution in [1.29, 1.82) is 0 Å². The Balaban J connectivity index is 2.72. The van der Waals surface area contributed by atoms with E-state index in [9.17, 15) is 9.90 Å². The maximum Gasteiger partial charge on any atom is 0.115 e. The van der Waals surface area contributed by atoms with Crippen molar-refractivity contribution >= 4 is 5.97 Å². The summed E-state index contributed by atoms with van der Waals surface area (Å²) in [6.07, 6.45) is 0.347. The van der Waals surface area contributed by atoms with Crippen molar-refractivity contribution in [3.05, 3.63) is 29.8 Å². The van der Waals surface area contributed by atoms with Gasteiger partial charge >= 0.3 is 0 Å². The first-order chi connectivity index (χ1) is 6.63. The highest BCUT2D eigenvalue weighted by Gasteiger charge is 2.10. The molecule has 76 valence electrons. The van der Waals surface area contributed by atoms with Crippen LogP contribution >= 0.6 is 0 Å². The smallest absolute Gasteiger partial charge is 0.115 e. The van der Waals surface area contributed by atoms with Crippen LogP contribution in [0.3, 0.4) is 0 Å². The Hall–Kier alpha value is -1.55. The molecule has 1 aromatic rings. The lowest BCUT2D eigenvalue weighted by Crippen LogP contribution is -2.57. The van der Waals surface area contributed by atoms with Crippen LogP contribution in [0.4, 0.5) is 0 Å². The summed E-state index contributed by atoms with van der Waals surface area (Å²) in [6.45, 7) is 0.290. The summed E-state index contributed by atoms with van der Waals surface area (Å²) in [4.78, 5) is 10.6. The highest BCUT2D eigenvalue weighted by Crippen LogP contribution is 2.14. The molecule has 1 atom stereocenters. The topological polar surface area (TPSA) is 88.0 Å². The van der Waals surface area contributed by atoms with Crippen LogP contribution in [-0.2, 0) is 11.2 Å². The van der Waals surface area contributed by atoms with Crippen LogP contribution in [0.15, 0.2) is 24.3 Å². The fourth-order valence-corrected chi connectivity index (χ4v) is 1.27. The molecule has 4 nitrogen and oxygen atoms in total. The van der Waals surface area contributed by atoms with Crippen molar-refractivity contribution in [3.8, 4) is 5.75 Å². The first kappa shape index (κ1) is 10.5. The lowest BCUT2D eigenvalue weighted by atomic mass is 9.99. The predicted molar refractivity (Wildman–Crippen MR) is 48.1 cm³/mol. The van der Waals surface area contributed by atoms with E-state index in [1.54, 1.807) is 24.3 Å². The fraction of sp³-hybridized carbons (Fsp3) is 0.300. The normalized spacial score (nSPS) is 12.4. The van der Waals surface area contributed by atoms with Gasteiger partial charge in [-0.3, -0.25) is 0 Å². The van der Waals surface area contributed by atoms with E-state index < -0.39 is 11.9 Å². The molecule has 0 saturated carbocycles. The number of aromatic hydroxyl groups is 1. The van der Waals surface area contributed by atoms with Crippen LogP contribution in [0, 0.1) is 5.92 Å². The van der Waals surface area contributed by atoms with Crippen molar-refractivity contribution in [2.45, 2.75) is 6.42 Å². The highest BCUT2D eigenvalue weighted by molar-refractivity contribution is 5.68. The number of quaternary nitrogens is 1. The van der Waals surface area contributed by atoms with Crippen molar-refractivity contribution in [2.75, 3.05) is 6.54 Å². The number of aliphatic carboxylic acids is 1. The van der Waals surface area contributed by atoms with Gasteiger partial charge in [-0.1, -0.05) is 12.1 Å². The molecular weight excluding hydrogens is 182 g/mol. The number of carboxylic acids is 1. The summed E-state index contributed by atoms with van der Waals surface area (Å²) in [7, 11) is 0. The molecule has 0 aromatic heterocycles. The minimum Gasteiger partial charge on any atom is -0.550 e. The minimum absolute atomic E-state index is 0.142. The molecule has 0 fully saturated rings. The van der Waals surface area contributed by atoms with Gasteiger partial charge in [0.15, 0.2) is 0 Å². The Kier molecular flexibility index (Phi) is 3.48. The standard InChI is InChI=1S/C10H13NO3/c11-6-8(10(13)14)4-7-2-1-3-9(12)5-7/h1-3,5,8,12H,4,6,11H2,(H,13,14)/t8-/m0/s1. The van der Waals surface area contributed by atoms with Crippen LogP contribution in [0.5, 0.6) is 5.75 Å². The fourth-order valence-electron chi connectivity index (χ4n) is 1.27. The lowest BCUT2D eigenvalue weighted by Gasteiger charge is -2.13. The molecule has 4 N–H and O–H groups in total. The molecule has 0 radical (unpaired) electrons. The zero-order valence-electron chi connectivity index (χ0n) is 7.77. The summed E-state index contributed by atoms with van der Waals surface area (Å²) in [5.41, 5.74) is 4.32. The Bertz CT molecular complexity index is 325. The van der Waals surface area contributed by atoms with Gasteiger partial charge in [-0.05, 0) is 24.1 Å². The minimum atomic E-state index is -1.09. The van der Waals surface area contributed by atoms with Crippen LogP contribution < -0.4 is 10.8 Å². The quantitative estimate of drug-likeness (QED) is 0.615. The summed E-state index contributed by atoms with van der Waals surface area (Å²) >= 11 is 0. The van der Waals surface area contributed by atoms with E-state index in [1.165, 1.54) is 0 Å². The number of rotatable bonds is 4. The van der Waals surface area contributed by atoms with Crippen LogP contribution in [0.25, 0.3) is 0 Å². The monoisotopic (exact) mass is 195 g/mol. The van der Waals surface area contributed by atoms with Crippen molar-refractivity contribution in [3.63, 3.8) is 0 Å². The number of benzene rings is 1. The third kappa shape index (κ3) is 2.74. The number of phenolic OH excluding ortho intramolecular Hbond substituents is 1. The summed E-state index contributed by atoms with van der Waals surface area (Å²) in [5, 5.41) is 19.8. The van der Waals surface area contributed by atoms with Gasteiger partial charge < -0.3 is 20.7 Å². The van der Waals surface area contributed by atoms with E-state index in [1.807, 2.05) is 0 Å². The lowest BCUT2D eigenvalue weighted by molar-refractivity contribution is -0.387. The average Bonchev–Trinajstić information content (AvgIpc) is 2.14. The van der Waals surface area contributed by atoms with E-state index in [0.717, 1.165) is 5.56 Å². The van der Waals surface area contributed by atoms with E-state index in [-0.39, 0.29) is 12.3 Å². The third-order valence-corrected chi connectivity index (χ3v) is 2.07. The second kappa shape index (κ2) is 4.62. The molecule has 0 unspecified atom stereocenters. The van der Waals surface area contributed by atoms with Crippen LogP contribution in [-0.4, -0.2) is 17.6 Å². The summed E-state index contributed by atoms with van der Waals surface area (Å²) in [5.74, 6) is -1.54. The number of carbonyl (C=O) groups excluding carboxylic acids is 1. The van der Waals surface area contributed by atoms with Crippen LogP contribution in [0.1, 0.15) is 5.56 Å². The second-order valence-electron chi connectivity index (χ2n) is 3.18. The molecule has 1 aromatic carbocycles. The number of hydrogen-bond acceptors (Lipinski definition) is 3. The molecule has 0 bridgehead atoms. The first-order valence-electron chi connectivity index (χ1n) is 4.41. The van der Waals surface area contributed by atoms with Gasteiger partial charge in [-0.15, -0.1) is 0 Å². The van der Waals surface area contributed by atoms with E-state index >= 15 is 0 Å². The molecule has 0 aliphatic heterocycles. The third-order valence-electron chi connectivity index (χ3n) is 2.07. The van der Waals surface area contributed by atoms with Crippen molar-refractivity contribution in [1.82, 2.24) is 0 Å². The van der Waals surface area contributed by atoms with Gasteiger partial charge in [0.05, 0.1) is 18.4 Å². The largest absolute Gasteiger partial charge is 0.550 e. The van der Waals surface area contributed by atoms with Crippen molar-refractivity contribution in [2.24, 2.45) is 5.92 Å². The summed E-state index contributed by atoms with van der Waals surface area (Å²) in [6, 6.07) is 6.54. The maximum absolute atomic E-state index is 10.6. The predicted octanol–water partition coefficient (Wildman–Crippen LogP) is -1.46. The number of hydrogen-bond donors (Lipinski definition) is 2. The van der Waals surface area contributed by atoms with Crippen LogP contribution in [0.2, 0.25) is 0 Å². The van der Waals surface area contributed by atoms with E-state index in [4.69, 9.17) is 5.11 Å². The van der Waals surface area contributed by atoms with E-state index in [0.29, 0.717) is 6.42 Å². The van der Waals surface area contributed by atoms with Gasteiger partial charge in [0.2, 0.25) is 0 Å². The molecule has 0 heterocycles. The SMILES string of the molecule is [NH3+]C[C@H](Cc1cccc(O)c1)C(=O)[O-]. The summed E-state index contributed by atoms with van der Waals surface area (Å²) < 4.78 is 0. The molecule has 0 amide bonds. The first-order valence-corrected chi connectivity index (χ1v) is 4.41. The molecule has 0 spiro atoms. The molecule has 4 heteroatoms. The van der Waals surface area contributed by atoms with E-state index in [2.05, 4.69) is 5.73 Å². The number of carboxylic acid groups (broad SMARTS) is 1. The highest BCUT2D eigenvalue weighted by atomic mass is 16.4.